The first kappa shape index (κ1) is 9.30. The van der Waals surface area contributed by atoms with E-state index in [2.05, 4.69) is 4.98 Å². The van der Waals surface area contributed by atoms with E-state index < -0.39 is 0 Å². The van der Waals surface area contributed by atoms with Crippen LogP contribution in [0.1, 0.15) is 0 Å². The lowest BCUT2D eigenvalue weighted by atomic mass is 10.2. The Balaban J connectivity index is 0.000000720. The van der Waals surface area contributed by atoms with Crippen LogP contribution in [0.5, 0.6) is 0 Å². The molecule has 0 aliphatic rings. The van der Waals surface area contributed by atoms with E-state index in [1.54, 1.807) is 12.4 Å². The normalized spacial score (nSPS) is 9.42. The second-order valence-corrected chi connectivity index (χ2v) is 2.80. The van der Waals surface area contributed by atoms with Crippen molar-refractivity contribution in [2.75, 3.05) is 0 Å². The molecule has 0 amide bonds. The number of hydrogen-bond acceptors (Lipinski definition) is 1. The second kappa shape index (κ2) is 3.74. The Morgan fingerprint density at radius 2 is 1.92 bits per heavy atom. The number of aromatic nitrogens is 1. The van der Waals surface area contributed by atoms with Crippen LogP contribution in [0.2, 0.25) is 5.02 Å². The van der Waals surface area contributed by atoms with Crippen molar-refractivity contribution in [3.05, 3.63) is 41.7 Å². The molecule has 0 fully saturated rings. The number of fused-ring (bicyclic) bond motifs is 1. The van der Waals surface area contributed by atoms with Gasteiger partial charge in [0.15, 0.2) is 0 Å². The number of hydrogen-bond donors (Lipinski definition) is 0. The standard InChI is InChI=1S/C9H6ClN.ClH/c10-9-2-1-7-3-4-11-6-8(7)5-9;/h1-6H;1H. The highest BCUT2D eigenvalue weighted by Crippen LogP contribution is 2.17. The summed E-state index contributed by atoms with van der Waals surface area (Å²) in [5, 5.41) is 3.01. The molecule has 0 aliphatic carbocycles. The molecule has 1 aromatic carbocycles. The van der Waals surface area contributed by atoms with Crippen LogP contribution in [0, 0.1) is 0 Å². The van der Waals surface area contributed by atoms with E-state index in [0.29, 0.717) is 0 Å². The van der Waals surface area contributed by atoms with Crippen molar-refractivity contribution >= 4 is 34.8 Å². The van der Waals surface area contributed by atoms with Gasteiger partial charge in [0.05, 0.1) is 0 Å². The highest BCUT2D eigenvalue weighted by Gasteiger charge is 1.91. The van der Waals surface area contributed by atoms with Crippen molar-refractivity contribution in [2.45, 2.75) is 0 Å². The molecule has 1 aromatic heterocycles. The van der Waals surface area contributed by atoms with Crippen LogP contribution >= 0.6 is 24.0 Å². The molecule has 0 aliphatic heterocycles. The highest BCUT2D eigenvalue weighted by molar-refractivity contribution is 6.31. The minimum absolute atomic E-state index is 0. The SMILES string of the molecule is Cl.Clc1ccc2ccncc2c1. The Kier molecular flexibility index (Phi) is 2.90. The molecule has 1 heterocycles. The van der Waals surface area contributed by atoms with Crippen LogP contribution < -0.4 is 0 Å². The van der Waals surface area contributed by atoms with Crippen molar-refractivity contribution in [1.29, 1.82) is 0 Å². The highest BCUT2D eigenvalue weighted by atomic mass is 35.5. The number of pyridine rings is 1. The van der Waals surface area contributed by atoms with Crippen LogP contribution in [0.25, 0.3) is 10.8 Å². The lowest BCUT2D eigenvalue weighted by Crippen LogP contribution is -1.73. The Bertz CT molecular complexity index is 387. The Morgan fingerprint density at radius 1 is 1.08 bits per heavy atom. The fourth-order valence-corrected chi connectivity index (χ4v) is 1.24. The summed E-state index contributed by atoms with van der Waals surface area (Å²) in [5.74, 6) is 0. The maximum Gasteiger partial charge on any atom is 0.0412 e. The second-order valence-electron chi connectivity index (χ2n) is 2.37. The van der Waals surface area contributed by atoms with Crippen LogP contribution in [0.3, 0.4) is 0 Å². The molecule has 62 valence electrons. The summed E-state index contributed by atoms with van der Waals surface area (Å²) >= 11 is 5.79. The van der Waals surface area contributed by atoms with Crippen molar-refractivity contribution in [3.63, 3.8) is 0 Å². The van der Waals surface area contributed by atoms with Crippen molar-refractivity contribution in [1.82, 2.24) is 4.98 Å². The minimum Gasteiger partial charge on any atom is -0.264 e. The van der Waals surface area contributed by atoms with Gasteiger partial charge in [0, 0.05) is 22.8 Å². The number of halogens is 2. The Labute approximate surface area is 81.8 Å². The molecular formula is C9H7Cl2N. The monoisotopic (exact) mass is 199 g/mol. The van der Waals surface area contributed by atoms with E-state index in [-0.39, 0.29) is 12.4 Å². The van der Waals surface area contributed by atoms with Gasteiger partial charge in [0.1, 0.15) is 0 Å². The van der Waals surface area contributed by atoms with Gasteiger partial charge in [-0.3, -0.25) is 4.98 Å². The summed E-state index contributed by atoms with van der Waals surface area (Å²) in [6.45, 7) is 0. The van der Waals surface area contributed by atoms with Gasteiger partial charge in [-0.05, 0) is 23.6 Å². The van der Waals surface area contributed by atoms with Gasteiger partial charge >= 0.3 is 0 Å². The Hall–Kier alpha value is -0.790. The molecule has 0 N–H and O–H groups in total. The van der Waals surface area contributed by atoms with E-state index in [1.807, 2.05) is 24.3 Å². The zero-order chi connectivity index (χ0) is 7.68. The molecule has 0 unspecified atom stereocenters. The van der Waals surface area contributed by atoms with E-state index in [0.717, 1.165) is 10.4 Å². The molecule has 2 rings (SSSR count). The fourth-order valence-electron chi connectivity index (χ4n) is 1.06. The summed E-state index contributed by atoms with van der Waals surface area (Å²) in [5.41, 5.74) is 0. The molecule has 0 atom stereocenters. The quantitative estimate of drug-likeness (QED) is 0.635. The van der Waals surface area contributed by atoms with Crippen LogP contribution in [-0.2, 0) is 0 Å². The first-order valence-corrected chi connectivity index (χ1v) is 3.73. The number of rotatable bonds is 0. The van der Waals surface area contributed by atoms with E-state index in [1.165, 1.54) is 5.39 Å². The van der Waals surface area contributed by atoms with Gasteiger partial charge in [-0.2, -0.15) is 0 Å². The van der Waals surface area contributed by atoms with Gasteiger partial charge in [-0.25, -0.2) is 0 Å². The summed E-state index contributed by atoms with van der Waals surface area (Å²) in [6, 6.07) is 7.73. The van der Waals surface area contributed by atoms with Gasteiger partial charge in [0.2, 0.25) is 0 Å². The lowest BCUT2D eigenvalue weighted by molar-refractivity contribution is 1.36. The maximum absolute atomic E-state index is 5.79. The van der Waals surface area contributed by atoms with Crippen molar-refractivity contribution in [3.8, 4) is 0 Å². The smallest absolute Gasteiger partial charge is 0.0412 e. The van der Waals surface area contributed by atoms with Gasteiger partial charge in [-0.1, -0.05) is 17.7 Å². The number of benzene rings is 1. The average molecular weight is 200 g/mol. The maximum atomic E-state index is 5.79. The average Bonchev–Trinajstić information content (AvgIpc) is 2.04. The third-order valence-corrected chi connectivity index (χ3v) is 1.84. The first-order valence-electron chi connectivity index (χ1n) is 3.35. The van der Waals surface area contributed by atoms with Crippen molar-refractivity contribution in [2.24, 2.45) is 0 Å². The van der Waals surface area contributed by atoms with Crippen LogP contribution in [0.15, 0.2) is 36.7 Å². The third kappa shape index (κ3) is 1.68. The fraction of sp³-hybridized carbons (Fsp3) is 0. The van der Waals surface area contributed by atoms with Gasteiger partial charge in [0.25, 0.3) is 0 Å². The molecule has 2 aromatic rings. The third-order valence-electron chi connectivity index (χ3n) is 1.60. The largest absolute Gasteiger partial charge is 0.264 e. The predicted molar refractivity (Wildman–Crippen MR) is 54.0 cm³/mol. The molecule has 0 spiro atoms. The molecule has 3 heteroatoms. The molecule has 1 nitrogen and oxygen atoms in total. The molecule has 12 heavy (non-hydrogen) atoms. The summed E-state index contributed by atoms with van der Waals surface area (Å²) < 4.78 is 0. The molecular weight excluding hydrogens is 193 g/mol. The van der Waals surface area contributed by atoms with Crippen LogP contribution in [0.4, 0.5) is 0 Å². The summed E-state index contributed by atoms with van der Waals surface area (Å²) in [4.78, 5) is 4.00. The lowest BCUT2D eigenvalue weighted by Gasteiger charge is -1.94. The minimum atomic E-state index is 0. The van der Waals surface area contributed by atoms with E-state index >= 15 is 0 Å². The van der Waals surface area contributed by atoms with Crippen LogP contribution in [-0.4, -0.2) is 4.98 Å². The molecule has 0 saturated heterocycles. The summed E-state index contributed by atoms with van der Waals surface area (Å²) in [6.07, 6.45) is 3.58. The Morgan fingerprint density at radius 3 is 2.75 bits per heavy atom. The molecule has 0 radical (unpaired) electrons. The van der Waals surface area contributed by atoms with E-state index in [9.17, 15) is 0 Å². The summed E-state index contributed by atoms with van der Waals surface area (Å²) in [7, 11) is 0. The van der Waals surface area contributed by atoms with Gasteiger partial charge < -0.3 is 0 Å². The zero-order valence-corrected chi connectivity index (χ0v) is 7.77. The zero-order valence-electron chi connectivity index (χ0n) is 6.20. The van der Waals surface area contributed by atoms with E-state index in [4.69, 9.17) is 11.6 Å². The van der Waals surface area contributed by atoms with Crippen molar-refractivity contribution < 1.29 is 0 Å². The molecule has 0 bridgehead atoms. The van der Waals surface area contributed by atoms with Gasteiger partial charge in [-0.15, -0.1) is 12.4 Å². The first-order chi connectivity index (χ1) is 5.36. The predicted octanol–water partition coefficient (Wildman–Crippen LogP) is 3.31. The number of nitrogens with zero attached hydrogens (tertiary/aromatic N) is 1. The molecule has 0 saturated carbocycles. The topological polar surface area (TPSA) is 12.9 Å².